The van der Waals surface area contributed by atoms with Gasteiger partial charge in [0.1, 0.15) is 5.75 Å². The fourth-order valence-corrected chi connectivity index (χ4v) is 4.01. The summed E-state index contributed by atoms with van der Waals surface area (Å²) in [6, 6.07) is 12.5. The summed E-state index contributed by atoms with van der Waals surface area (Å²) in [7, 11) is -0.576. The molecule has 2 aromatic rings. The Kier molecular flexibility index (Phi) is 5.29. The normalized spacial score (nSPS) is 13.3. The molecular weight excluding hydrogens is 352 g/mol. The first-order chi connectivity index (χ1) is 12.4. The number of amides is 1. The highest BCUT2D eigenvalue weighted by Gasteiger charge is 2.21. The predicted molar refractivity (Wildman–Crippen MR) is 98.5 cm³/mol. The van der Waals surface area contributed by atoms with Gasteiger partial charge >= 0.3 is 0 Å². The molecule has 0 radical (unpaired) electrons. The van der Waals surface area contributed by atoms with E-state index >= 15 is 0 Å². The van der Waals surface area contributed by atoms with E-state index in [4.69, 9.17) is 4.74 Å². The lowest BCUT2D eigenvalue weighted by Gasteiger charge is -2.15. The summed E-state index contributed by atoms with van der Waals surface area (Å²) in [5, 5.41) is 2.81. The van der Waals surface area contributed by atoms with Crippen LogP contribution in [0.2, 0.25) is 0 Å². The standard InChI is InChI=1S/C19H22N2O4S/c1-21(2)26(23,24)18-6-4-3-5-16(18)13-20-19(22)12-14-7-8-17-15(11-14)9-10-25-17/h3-8,11H,9-10,12-13H2,1-2H3,(H,20,22). The summed E-state index contributed by atoms with van der Waals surface area (Å²) in [5.41, 5.74) is 2.61. The summed E-state index contributed by atoms with van der Waals surface area (Å²) in [4.78, 5) is 12.5. The Morgan fingerprint density at radius 3 is 2.73 bits per heavy atom. The second kappa shape index (κ2) is 7.47. The van der Waals surface area contributed by atoms with Crippen LogP contribution in [0, 0.1) is 0 Å². The minimum Gasteiger partial charge on any atom is -0.493 e. The summed E-state index contributed by atoms with van der Waals surface area (Å²) in [5.74, 6) is 0.734. The van der Waals surface area contributed by atoms with Crippen molar-refractivity contribution in [2.45, 2.75) is 24.3 Å². The minimum atomic E-state index is -3.55. The van der Waals surface area contributed by atoms with Crippen molar-refractivity contribution in [2.24, 2.45) is 0 Å². The Morgan fingerprint density at radius 1 is 1.19 bits per heavy atom. The van der Waals surface area contributed by atoms with Crippen LogP contribution < -0.4 is 10.1 Å². The number of nitrogens with zero attached hydrogens (tertiary/aromatic N) is 1. The quantitative estimate of drug-likeness (QED) is 0.836. The maximum atomic E-state index is 12.4. The van der Waals surface area contributed by atoms with Gasteiger partial charge in [-0.15, -0.1) is 0 Å². The maximum Gasteiger partial charge on any atom is 0.242 e. The molecule has 0 spiro atoms. The molecule has 0 unspecified atom stereocenters. The van der Waals surface area contributed by atoms with Crippen molar-refractivity contribution < 1.29 is 17.9 Å². The molecule has 3 rings (SSSR count). The SMILES string of the molecule is CN(C)S(=O)(=O)c1ccccc1CNC(=O)Cc1ccc2c(c1)CCO2. The fourth-order valence-electron chi connectivity index (χ4n) is 2.89. The van der Waals surface area contributed by atoms with E-state index in [1.165, 1.54) is 18.4 Å². The van der Waals surface area contributed by atoms with Gasteiger partial charge in [0.15, 0.2) is 0 Å². The number of ether oxygens (including phenoxy) is 1. The average Bonchev–Trinajstić information content (AvgIpc) is 3.07. The molecule has 0 saturated carbocycles. The second-order valence-electron chi connectivity index (χ2n) is 6.39. The van der Waals surface area contributed by atoms with Crippen LogP contribution in [-0.2, 0) is 34.2 Å². The van der Waals surface area contributed by atoms with E-state index < -0.39 is 10.0 Å². The Labute approximate surface area is 153 Å². The molecule has 0 bridgehead atoms. The third-order valence-corrected chi connectivity index (χ3v) is 6.24. The summed E-state index contributed by atoms with van der Waals surface area (Å²) in [6.45, 7) is 0.845. The smallest absolute Gasteiger partial charge is 0.242 e. The van der Waals surface area contributed by atoms with E-state index in [0.29, 0.717) is 12.2 Å². The molecule has 1 aliphatic rings. The van der Waals surface area contributed by atoms with Gasteiger partial charge in [-0.25, -0.2) is 12.7 Å². The Balaban J connectivity index is 1.67. The largest absolute Gasteiger partial charge is 0.493 e. The first kappa shape index (κ1) is 18.4. The number of nitrogens with one attached hydrogen (secondary N) is 1. The van der Waals surface area contributed by atoms with Gasteiger partial charge < -0.3 is 10.1 Å². The monoisotopic (exact) mass is 374 g/mol. The molecule has 0 saturated heterocycles. The van der Waals surface area contributed by atoms with E-state index in [1.807, 2.05) is 18.2 Å². The van der Waals surface area contributed by atoms with Gasteiger partial charge in [0.25, 0.3) is 0 Å². The molecule has 1 N–H and O–H groups in total. The molecule has 1 aliphatic heterocycles. The van der Waals surface area contributed by atoms with E-state index in [0.717, 1.165) is 23.3 Å². The molecule has 0 aromatic heterocycles. The van der Waals surface area contributed by atoms with Crippen LogP contribution in [0.3, 0.4) is 0 Å². The minimum absolute atomic E-state index is 0.152. The molecule has 138 valence electrons. The number of hydrogen-bond donors (Lipinski definition) is 1. The molecule has 2 aromatic carbocycles. The molecule has 1 heterocycles. The maximum absolute atomic E-state index is 12.4. The van der Waals surface area contributed by atoms with E-state index in [1.54, 1.807) is 24.3 Å². The number of benzene rings is 2. The first-order valence-corrected chi connectivity index (χ1v) is 9.83. The van der Waals surface area contributed by atoms with Gasteiger partial charge in [-0.05, 0) is 28.8 Å². The van der Waals surface area contributed by atoms with Gasteiger partial charge in [0, 0.05) is 27.1 Å². The lowest BCUT2D eigenvalue weighted by molar-refractivity contribution is -0.120. The highest BCUT2D eigenvalue weighted by molar-refractivity contribution is 7.89. The third-order valence-electron chi connectivity index (χ3n) is 4.33. The van der Waals surface area contributed by atoms with Gasteiger partial charge in [-0.3, -0.25) is 4.79 Å². The number of carbonyl (C=O) groups excluding carboxylic acids is 1. The van der Waals surface area contributed by atoms with Crippen molar-refractivity contribution in [1.82, 2.24) is 9.62 Å². The highest BCUT2D eigenvalue weighted by atomic mass is 32.2. The predicted octanol–water partition coefficient (Wildman–Crippen LogP) is 1.73. The van der Waals surface area contributed by atoms with E-state index in [2.05, 4.69) is 5.32 Å². The zero-order valence-electron chi connectivity index (χ0n) is 14.9. The highest BCUT2D eigenvalue weighted by Crippen LogP contribution is 2.26. The number of fused-ring (bicyclic) bond motifs is 1. The summed E-state index contributed by atoms with van der Waals surface area (Å²) < 4.78 is 31.4. The van der Waals surface area contributed by atoms with Crippen LogP contribution in [0.15, 0.2) is 47.4 Å². The second-order valence-corrected chi connectivity index (χ2v) is 8.51. The molecule has 1 amide bonds. The first-order valence-electron chi connectivity index (χ1n) is 8.39. The molecule has 0 fully saturated rings. The van der Waals surface area contributed by atoms with Crippen molar-refractivity contribution in [3.63, 3.8) is 0 Å². The zero-order valence-corrected chi connectivity index (χ0v) is 15.7. The molecular formula is C19H22N2O4S. The van der Waals surface area contributed by atoms with Gasteiger partial charge in [-0.1, -0.05) is 30.3 Å². The summed E-state index contributed by atoms with van der Waals surface area (Å²) >= 11 is 0. The van der Waals surface area contributed by atoms with Crippen molar-refractivity contribution in [3.05, 3.63) is 59.2 Å². The van der Waals surface area contributed by atoms with Crippen molar-refractivity contribution in [2.75, 3.05) is 20.7 Å². The van der Waals surface area contributed by atoms with Crippen LogP contribution in [0.25, 0.3) is 0 Å². The third kappa shape index (κ3) is 3.89. The van der Waals surface area contributed by atoms with Crippen molar-refractivity contribution in [1.29, 1.82) is 0 Å². The average molecular weight is 374 g/mol. The molecule has 6 nitrogen and oxygen atoms in total. The summed E-state index contributed by atoms with van der Waals surface area (Å²) in [6.07, 6.45) is 1.11. The Morgan fingerprint density at radius 2 is 1.96 bits per heavy atom. The van der Waals surface area contributed by atoms with Crippen LogP contribution in [0.5, 0.6) is 5.75 Å². The zero-order chi connectivity index (χ0) is 18.7. The number of sulfonamides is 1. The van der Waals surface area contributed by atoms with Crippen LogP contribution in [0.1, 0.15) is 16.7 Å². The van der Waals surface area contributed by atoms with Crippen molar-refractivity contribution >= 4 is 15.9 Å². The van der Waals surface area contributed by atoms with E-state index in [9.17, 15) is 13.2 Å². The lowest BCUT2D eigenvalue weighted by Crippen LogP contribution is -2.27. The van der Waals surface area contributed by atoms with Crippen LogP contribution in [0.4, 0.5) is 0 Å². The Hall–Kier alpha value is -2.38. The van der Waals surface area contributed by atoms with Gasteiger partial charge in [0.05, 0.1) is 17.9 Å². The number of hydrogen-bond acceptors (Lipinski definition) is 4. The van der Waals surface area contributed by atoms with Gasteiger partial charge in [0.2, 0.25) is 15.9 Å². The number of rotatable bonds is 6. The molecule has 0 atom stereocenters. The lowest BCUT2D eigenvalue weighted by atomic mass is 10.1. The van der Waals surface area contributed by atoms with E-state index in [-0.39, 0.29) is 23.8 Å². The topological polar surface area (TPSA) is 75.7 Å². The Bertz CT molecular complexity index is 923. The van der Waals surface area contributed by atoms with Gasteiger partial charge in [-0.2, -0.15) is 0 Å². The molecule has 0 aliphatic carbocycles. The van der Waals surface area contributed by atoms with Crippen LogP contribution >= 0.6 is 0 Å². The van der Waals surface area contributed by atoms with Crippen molar-refractivity contribution in [3.8, 4) is 5.75 Å². The molecule has 7 heteroatoms. The number of carbonyl (C=O) groups is 1. The molecule has 26 heavy (non-hydrogen) atoms. The fraction of sp³-hybridized carbons (Fsp3) is 0.316. The van der Waals surface area contributed by atoms with Crippen LogP contribution in [-0.4, -0.2) is 39.3 Å².